The average Bonchev–Trinajstić information content (AvgIpc) is 1.51. The van der Waals surface area contributed by atoms with Crippen molar-refractivity contribution in [2.75, 3.05) is 0 Å². The zero-order chi connectivity index (χ0) is 90.0. The highest BCUT2D eigenvalue weighted by Gasteiger charge is 2.65. The van der Waals surface area contributed by atoms with E-state index in [0.29, 0.717) is 0 Å². The second-order valence-electron chi connectivity index (χ2n) is 44.1. The van der Waals surface area contributed by atoms with Crippen LogP contribution in [-0.4, -0.2) is 15.0 Å². The van der Waals surface area contributed by atoms with Crippen molar-refractivity contribution in [2.24, 2.45) is 71.0 Å². The molecule has 3 spiro atoms. The Balaban J connectivity index is 0.0000000959. The number of hydrogen-bond acceptors (Lipinski definition) is 3. The fraction of sp³-hybridized carbons (Fsp3) is 0.222. The van der Waals surface area contributed by atoms with Crippen LogP contribution in [0.5, 0.6) is 0 Å². The topological polar surface area (TPSA) is 38.7 Å². The molecule has 3 heterocycles. The molecule has 0 amide bonds. The molecule has 3 heteroatoms. The second-order valence-corrected chi connectivity index (χ2v) is 44.1. The number of hydrogen-bond donors (Lipinski definition) is 0. The first-order chi connectivity index (χ1) is 68.4. The highest BCUT2D eigenvalue weighted by atomic mass is 14.7. The molecule has 0 N–H and O–H groups in total. The van der Waals surface area contributed by atoms with Crippen molar-refractivity contribution in [2.45, 2.75) is 113 Å². The van der Waals surface area contributed by atoms with Crippen LogP contribution in [0.1, 0.15) is 130 Å². The fourth-order valence-corrected chi connectivity index (χ4v) is 34.0. The molecule has 12 fully saturated rings. The summed E-state index contributed by atoms with van der Waals surface area (Å²) in [6, 6.07) is 136. The van der Waals surface area contributed by atoms with Crippen LogP contribution in [0.25, 0.3) is 197 Å². The van der Waals surface area contributed by atoms with E-state index in [1.807, 2.05) is 18.6 Å². The Morgan fingerprint density at radius 3 is 0.841 bits per heavy atom. The Labute approximate surface area is 806 Å². The Morgan fingerprint density at radius 1 is 0.181 bits per heavy atom. The van der Waals surface area contributed by atoms with Crippen molar-refractivity contribution in [3.05, 3.63) is 416 Å². The minimum absolute atomic E-state index is 0.160. The van der Waals surface area contributed by atoms with E-state index in [-0.39, 0.29) is 16.2 Å². The van der Waals surface area contributed by atoms with Crippen molar-refractivity contribution < 1.29 is 0 Å². The van der Waals surface area contributed by atoms with Gasteiger partial charge in [-0.2, -0.15) is 0 Å². The maximum absolute atomic E-state index is 5.05. The Hall–Kier alpha value is -14.3. The monoisotopic (exact) mass is 1770 g/mol. The number of aromatic nitrogens is 3. The summed E-state index contributed by atoms with van der Waals surface area (Å²) in [5.74, 6) is 10.2. The van der Waals surface area contributed by atoms with Gasteiger partial charge >= 0.3 is 0 Å². The van der Waals surface area contributed by atoms with Gasteiger partial charge in [0.15, 0.2) is 0 Å². The van der Waals surface area contributed by atoms with Crippen molar-refractivity contribution >= 4 is 97.1 Å². The Kier molecular flexibility index (Phi) is 17.1. The number of para-hydroxylation sites is 1. The van der Waals surface area contributed by atoms with Crippen molar-refractivity contribution in [3.63, 3.8) is 0 Å². The van der Waals surface area contributed by atoms with Crippen LogP contribution in [0, 0.1) is 71.0 Å². The minimum Gasteiger partial charge on any atom is -0.263 e. The fourth-order valence-electron chi connectivity index (χ4n) is 34.0. The van der Waals surface area contributed by atoms with Crippen molar-refractivity contribution in [1.29, 1.82) is 0 Å². The van der Waals surface area contributed by atoms with Gasteiger partial charge in [0, 0.05) is 68.3 Å². The summed E-state index contributed by atoms with van der Waals surface area (Å²) in [4.78, 5) is 14.5. The second kappa shape index (κ2) is 29.9. The summed E-state index contributed by atoms with van der Waals surface area (Å²) in [7, 11) is 0. The molecule has 12 saturated carbocycles. The lowest BCUT2D eigenvalue weighted by Gasteiger charge is -2.61. The summed E-state index contributed by atoms with van der Waals surface area (Å²) in [6.45, 7) is 0. The molecule has 0 saturated heterocycles. The summed E-state index contributed by atoms with van der Waals surface area (Å²) in [6.07, 6.45) is 29.3. The number of benzene rings is 18. The van der Waals surface area contributed by atoms with Crippen LogP contribution < -0.4 is 0 Å². The first-order valence-electron chi connectivity index (χ1n) is 51.9. The van der Waals surface area contributed by atoms with Gasteiger partial charge in [0.25, 0.3) is 0 Å². The van der Waals surface area contributed by atoms with Crippen LogP contribution in [-0.2, 0) is 16.2 Å². The molecule has 660 valence electrons. The molecule has 21 aromatic rings. The van der Waals surface area contributed by atoms with Gasteiger partial charge in [-0.25, -0.2) is 0 Å². The van der Waals surface area contributed by atoms with E-state index in [9.17, 15) is 0 Å². The Bertz CT molecular complexity index is 7720. The lowest BCUT2D eigenvalue weighted by molar-refractivity contribution is -0.0399. The summed E-state index contributed by atoms with van der Waals surface area (Å²) < 4.78 is 0. The third kappa shape index (κ3) is 10.9. The van der Waals surface area contributed by atoms with E-state index in [4.69, 9.17) is 15.0 Å². The lowest BCUT2D eigenvalue weighted by atomic mass is 9.43. The molecule has 15 aliphatic rings. The first kappa shape index (κ1) is 78.9. The molecule has 138 heavy (non-hydrogen) atoms. The largest absolute Gasteiger partial charge is 0.263 e. The minimum atomic E-state index is 0.160. The van der Waals surface area contributed by atoms with Gasteiger partial charge < -0.3 is 0 Å². The quantitative estimate of drug-likeness (QED) is 0.156. The molecule has 3 nitrogen and oxygen atoms in total. The molecule has 18 aromatic carbocycles. The maximum Gasteiger partial charge on any atom is 0.0792 e. The van der Waals surface area contributed by atoms with E-state index in [0.717, 1.165) is 82.2 Å². The molecule has 15 aliphatic carbocycles. The van der Waals surface area contributed by atoms with Gasteiger partial charge in [-0.1, -0.05) is 322 Å². The van der Waals surface area contributed by atoms with Crippen LogP contribution in [0.3, 0.4) is 0 Å². The van der Waals surface area contributed by atoms with E-state index >= 15 is 0 Å². The van der Waals surface area contributed by atoms with Gasteiger partial charge in [0.05, 0.1) is 11.2 Å². The summed E-state index contributed by atoms with van der Waals surface area (Å²) in [5, 5.41) is 21.7. The average molecular weight is 1770 g/mol. The lowest BCUT2D eigenvalue weighted by Crippen LogP contribution is -2.55. The van der Waals surface area contributed by atoms with E-state index in [1.165, 1.54) is 282 Å². The van der Waals surface area contributed by atoms with Crippen molar-refractivity contribution in [3.8, 4) is 100 Å². The van der Waals surface area contributed by atoms with Gasteiger partial charge in [-0.15, -0.1) is 0 Å². The Morgan fingerprint density at radius 2 is 0.464 bits per heavy atom. The molecular formula is C135H105N3. The molecule has 0 radical (unpaired) electrons. The smallest absolute Gasteiger partial charge is 0.0792 e. The molecular weight excluding hydrogens is 1660 g/mol. The number of fused-ring (bicyclic) bond motifs is 18. The molecule has 0 aliphatic heterocycles. The van der Waals surface area contributed by atoms with Crippen LogP contribution in [0.15, 0.2) is 383 Å². The van der Waals surface area contributed by atoms with Gasteiger partial charge in [0.2, 0.25) is 0 Å². The zero-order valence-corrected chi connectivity index (χ0v) is 77.7. The third-order valence-corrected chi connectivity index (χ3v) is 38.1. The standard InChI is InChI=1S/3C45H35N/c1-3-13-37-35(11-1)43(36-12-2-4-14-38(36)44(37)39-19-20-46-42-16-8-6-10-34(39)42)29-17-18-33-32-9-5-7-15-40(32)45(41(33)26-29)30-22-27-21-28(24-30)25-31(45)23-27;1-2-10-33-30(9-1)25-46-26-40(33)44-38-14-5-3-12-36(38)43(37-13-4-6-15-39(37)44)29-17-18-35-34-11-7-8-16-41(34)45(42(35)24-29)31-20-27-19-28(22-31)23-32(45)21-27;1-2-10-33-29(9-1)19-20-46-44(33)43-38-14-5-3-12-36(38)42(37-13-4-6-15-39(37)43)30-17-18-35-34-11-7-8-16-40(34)45(41(35)26-30)31-22-27-21-28(24-31)25-32(45)23-27/h1-20,26-28,30-31H,21-25H2;1-18,24-28,31-32H,19-23H2;1-20,26-28,31-32H,21-25H2. The van der Waals surface area contributed by atoms with Crippen LogP contribution in [0.2, 0.25) is 0 Å². The molecule has 0 unspecified atom stereocenters. The molecule has 3 aromatic heterocycles. The SMILES string of the molecule is c1ccc2c(c1)-c1ccc(-c3c4ccccc4c(-c4ccnc5ccccc45)c4ccccc34)cc1C21C2CC3CC(C2)CC1C3.c1ccc2c(c1)-c1ccc(-c3c4ccccc4c(-c4cncc5ccccc45)c4ccccc34)cc1C21C2CC3CC(C2)CC1C3.c1ccc2c(c1)-c1ccc(-c3c4ccccc4c(-c4nccc5ccccc45)c4ccccc34)cc1C21C2CC3CC(C2)CC1C3. The first-order valence-corrected chi connectivity index (χ1v) is 51.9. The van der Waals surface area contributed by atoms with Gasteiger partial charge in [0.1, 0.15) is 0 Å². The van der Waals surface area contributed by atoms with E-state index in [2.05, 4.69) is 364 Å². The normalized spacial score (nSPS) is 25.5. The van der Waals surface area contributed by atoms with Crippen LogP contribution in [0.4, 0.5) is 0 Å². The zero-order valence-electron chi connectivity index (χ0n) is 77.7. The van der Waals surface area contributed by atoms with Crippen LogP contribution >= 0.6 is 0 Å². The highest BCUT2D eigenvalue weighted by molar-refractivity contribution is 6.27. The summed E-state index contributed by atoms with van der Waals surface area (Å²) in [5.41, 5.74) is 35.7. The number of nitrogens with zero attached hydrogens (tertiary/aromatic N) is 3. The van der Waals surface area contributed by atoms with Crippen molar-refractivity contribution in [1.82, 2.24) is 15.0 Å². The maximum atomic E-state index is 5.05. The predicted molar refractivity (Wildman–Crippen MR) is 573 cm³/mol. The highest BCUT2D eigenvalue weighted by Crippen LogP contribution is 2.74. The van der Waals surface area contributed by atoms with Gasteiger partial charge in [-0.3, -0.25) is 15.0 Å². The van der Waals surface area contributed by atoms with Gasteiger partial charge in [-0.05, 0) is 396 Å². The van der Waals surface area contributed by atoms with E-state index < -0.39 is 0 Å². The predicted octanol–water partition coefficient (Wildman–Crippen LogP) is 34.8. The van der Waals surface area contributed by atoms with E-state index in [1.54, 1.807) is 33.4 Å². The molecule has 12 bridgehead atoms. The molecule has 0 atom stereocenters. The third-order valence-electron chi connectivity index (χ3n) is 38.1. The number of pyridine rings is 3. The number of rotatable bonds is 6. The molecule has 36 rings (SSSR count). The summed E-state index contributed by atoms with van der Waals surface area (Å²) >= 11 is 0.